The molecule has 1 atom stereocenters. The van der Waals surface area contributed by atoms with Crippen molar-refractivity contribution in [2.45, 2.75) is 12.8 Å². The van der Waals surface area contributed by atoms with Crippen molar-refractivity contribution >= 4 is 11.7 Å². The lowest BCUT2D eigenvalue weighted by Gasteiger charge is -2.31. The molecule has 0 aliphatic carbocycles. The number of nitrogens with two attached hydrogens (primary N) is 1. The number of likely N-dealkylation sites (tertiary alicyclic amines) is 1. The first-order valence-corrected chi connectivity index (χ1v) is 5.68. The fourth-order valence-corrected chi connectivity index (χ4v) is 2.01. The SMILES string of the molecule is Nc1cnc(C(=O)N2CCCC(CO)C2)cn1. The second kappa shape index (κ2) is 5.09. The number of rotatable bonds is 2. The van der Waals surface area contributed by atoms with Gasteiger partial charge in [0, 0.05) is 19.7 Å². The van der Waals surface area contributed by atoms with E-state index in [1.165, 1.54) is 12.4 Å². The maximum atomic E-state index is 12.1. The summed E-state index contributed by atoms with van der Waals surface area (Å²) >= 11 is 0. The van der Waals surface area contributed by atoms with Crippen molar-refractivity contribution in [3.63, 3.8) is 0 Å². The first kappa shape index (κ1) is 11.8. The number of carbonyl (C=O) groups is 1. The van der Waals surface area contributed by atoms with E-state index in [0.29, 0.717) is 24.6 Å². The summed E-state index contributed by atoms with van der Waals surface area (Å²) in [6.07, 6.45) is 4.65. The van der Waals surface area contributed by atoms with E-state index in [1.807, 2.05) is 0 Å². The fourth-order valence-electron chi connectivity index (χ4n) is 2.01. The number of aliphatic hydroxyl groups is 1. The minimum atomic E-state index is -0.143. The van der Waals surface area contributed by atoms with Gasteiger partial charge in [0.2, 0.25) is 0 Å². The lowest BCUT2D eigenvalue weighted by Crippen LogP contribution is -2.41. The van der Waals surface area contributed by atoms with E-state index in [0.717, 1.165) is 12.8 Å². The third-order valence-corrected chi connectivity index (χ3v) is 2.96. The summed E-state index contributed by atoms with van der Waals surface area (Å²) < 4.78 is 0. The third-order valence-electron chi connectivity index (χ3n) is 2.96. The van der Waals surface area contributed by atoms with Crippen LogP contribution in [0.25, 0.3) is 0 Å². The van der Waals surface area contributed by atoms with Gasteiger partial charge in [0.25, 0.3) is 5.91 Å². The van der Waals surface area contributed by atoms with Crippen LogP contribution in [0.2, 0.25) is 0 Å². The number of hydrogen-bond donors (Lipinski definition) is 2. The number of hydrogen-bond acceptors (Lipinski definition) is 5. The molecule has 6 nitrogen and oxygen atoms in total. The van der Waals surface area contributed by atoms with E-state index < -0.39 is 0 Å². The van der Waals surface area contributed by atoms with Crippen LogP contribution in [0.4, 0.5) is 5.82 Å². The average molecular weight is 236 g/mol. The van der Waals surface area contributed by atoms with Crippen molar-refractivity contribution in [2.75, 3.05) is 25.4 Å². The van der Waals surface area contributed by atoms with Crippen LogP contribution in [0.15, 0.2) is 12.4 Å². The van der Waals surface area contributed by atoms with Gasteiger partial charge < -0.3 is 15.7 Å². The van der Waals surface area contributed by atoms with Crippen molar-refractivity contribution in [3.8, 4) is 0 Å². The van der Waals surface area contributed by atoms with Crippen molar-refractivity contribution in [3.05, 3.63) is 18.1 Å². The van der Waals surface area contributed by atoms with Crippen LogP contribution in [0.3, 0.4) is 0 Å². The van der Waals surface area contributed by atoms with Gasteiger partial charge in [-0.15, -0.1) is 0 Å². The number of carbonyl (C=O) groups excluding carboxylic acids is 1. The minimum absolute atomic E-state index is 0.122. The van der Waals surface area contributed by atoms with Crippen LogP contribution in [-0.4, -0.2) is 45.6 Å². The lowest BCUT2D eigenvalue weighted by atomic mass is 9.99. The molecule has 0 aromatic carbocycles. The first-order valence-electron chi connectivity index (χ1n) is 5.68. The van der Waals surface area contributed by atoms with Crippen LogP contribution in [0.5, 0.6) is 0 Å². The molecule has 17 heavy (non-hydrogen) atoms. The van der Waals surface area contributed by atoms with E-state index >= 15 is 0 Å². The van der Waals surface area contributed by atoms with Crippen molar-refractivity contribution < 1.29 is 9.90 Å². The molecule has 1 aliphatic rings. The summed E-state index contributed by atoms with van der Waals surface area (Å²) in [7, 11) is 0. The molecule has 0 radical (unpaired) electrons. The molecule has 1 fully saturated rings. The quantitative estimate of drug-likeness (QED) is 0.748. The summed E-state index contributed by atoms with van der Waals surface area (Å²) in [5, 5.41) is 9.12. The van der Waals surface area contributed by atoms with E-state index in [2.05, 4.69) is 9.97 Å². The van der Waals surface area contributed by atoms with Gasteiger partial charge in [0.15, 0.2) is 0 Å². The summed E-state index contributed by atoms with van der Waals surface area (Å²) in [6.45, 7) is 1.42. The van der Waals surface area contributed by atoms with Gasteiger partial charge in [0.05, 0.1) is 12.4 Å². The Kier molecular flexibility index (Phi) is 3.53. The van der Waals surface area contributed by atoms with Crippen molar-refractivity contribution in [1.29, 1.82) is 0 Å². The molecule has 0 saturated carbocycles. The molecule has 0 bridgehead atoms. The predicted octanol–water partition coefficient (Wildman–Crippen LogP) is -0.0967. The molecule has 1 aliphatic heterocycles. The second-order valence-corrected chi connectivity index (χ2v) is 4.27. The topological polar surface area (TPSA) is 92.3 Å². The molecule has 1 aromatic rings. The van der Waals surface area contributed by atoms with Gasteiger partial charge in [-0.3, -0.25) is 4.79 Å². The van der Waals surface area contributed by atoms with Crippen LogP contribution < -0.4 is 5.73 Å². The molecular weight excluding hydrogens is 220 g/mol. The molecule has 0 spiro atoms. The highest BCUT2D eigenvalue weighted by Crippen LogP contribution is 2.17. The molecule has 2 rings (SSSR count). The van der Waals surface area contributed by atoms with E-state index in [1.54, 1.807) is 4.90 Å². The van der Waals surface area contributed by atoms with Crippen LogP contribution in [0, 0.1) is 5.92 Å². The summed E-state index contributed by atoms with van der Waals surface area (Å²) in [5.41, 5.74) is 5.72. The molecule has 1 unspecified atom stereocenters. The zero-order valence-corrected chi connectivity index (χ0v) is 9.54. The van der Waals surface area contributed by atoms with Gasteiger partial charge in [0.1, 0.15) is 11.5 Å². The highest BCUT2D eigenvalue weighted by Gasteiger charge is 2.24. The predicted molar refractivity (Wildman–Crippen MR) is 62.2 cm³/mol. The van der Waals surface area contributed by atoms with Gasteiger partial charge in [-0.25, -0.2) is 9.97 Å². The molecule has 3 N–H and O–H groups in total. The van der Waals surface area contributed by atoms with Gasteiger partial charge >= 0.3 is 0 Å². The zero-order chi connectivity index (χ0) is 12.3. The minimum Gasteiger partial charge on any atom is -0.396 e. The number of anilines is 1. The molecule has 92 valence electrons. The van der Waals surface area contributed by atoms with Crippen molar-refractivity contribution in [1.82, 2.24) is 14.9 Å². The van der Waals surface area contributed by atoms with Gasteiger partial charge in [-0.05, 0) is 18.8 Å². The number of aliphatic hydroxyl groups excluding tert-OH is 1. The smallest absolute Gasteiger partial charge is 0.274 e. The maximum Gasteiger partial charge on any atom is 0.274 e. The Bertz CT molecular complexity index is 393. The van der Waals surface area contributed by atoms with Gasteiger partial charge in [-0.2, -0.15) is 0 Å². The standard InChI is InChI=1S/C11H16N4O2/c12-10-5-13-9(4-14-10)11(17)15-3-1-2-8(6-15)7-16/h4-5,8,16H,1-3,6-7H2,(H2,12,14). The Morgan fingerprint density at radius 3 is 3.00 bits per heavy atom. The Hall–Kier alpha value is -1.69. The Morgan fingerprint density at radius 1 is 1.53 bits per heavy atom. The largest absolute Gasteiger partial charge is 0.396 e. The highest BCUT2D eigenvalue weighted by molar-refractivity contribution is 5.92. The first-order chi connectivity index (χ1) is 8.20. The van der Waals surface area contributed by atoms with Crippen LogP contribution in [-0.2, 0) is 0 Å². The lowest BCUT2D eigenvalue weighted by molar-refractivity contribution is 0.0614. The van der Waals surface area contributed by atoms with E-state index in [-0.39, 0.29) is 18.4 Å². The van der Waals surface area contributed by atoms with Crippen molar-refractivity contribution in [2.24, 2.45) is 5.92 Å². The van der Waals surface area contributed by atoms with E-state index in [9.17, 15) is 4.79 Å². The number of amides is 1. The van der Waals surface area contributed by atoms with E-state index in [4.69, 9.17) is 10.8 Å². The number of piperidine rings is 1. The molecule has 6 heteroatoms. The number of nitrogens with zero attached hydrogens (tertiary/aromatic N) is 3. The number of aromatic nitrogens is 2. The van der Waals surface area contributed by atoms with Gasteiger partial charge in [-0.1, -0.05) is 0 Å². The average Bonchev–Trinajstić information content (AvgIpc) is 2.39. The molecule has 1 saturated heterocycles. The molecule has 1 aromatic heterocycles. The summed E-state index contributed by atoms with van der Waals surface area (Å²) in [4.78, 5) is 21.6. The highest BCUT2D eigenvalue weighted by atomic mass is 16.3. The zero-order valence-electron chi connectivity index (χ0n) is 9.54. The number of nitrogen functional groups attached to an aromatic ring is 1. The Labute approximate surface area is 99.5 Å². The van der Waals surface area contributed by atoms with Crippen LogP contribution >= 0.6 is 0 Å². The second-order valence-electron chi connectivity index (χ2n) is 4.27. The maximum absolute atomic E-state index is 12.1. The summed E-state index contributed by atoms with van der Waals surface area (Å²) in [6, 6.07) is 0. The molecular formula is C11H16N4O2. The van der Waals surface area contributed by atoms with Crippen LogP contribution in [0.1, 0.15) is 23.3 Å². The fraction of sp³-hybridized carbons (Fsp3) is 0.545. The molecule has 1 amide bonds. The normalized spacial score (nSPS) is 20.3. The summed E-state index contributed by atoms with van der Waals surface area (Å²) in [5.74, 6) is 0.332. The Balaban J connectivity index is 2.06. The monoisotopic (exact) mass is 236 g/mol. The third kappa shape index (κ3) is 2.71. The molecule has 2 heterocycles. The Morgan fingerprint density at radius 2 is 2.35 bits per heavy atom.